The Labute approximate surface area is 171 Å². The molecule has 0 bridgehead atoms. The van der Waals surface area contributed by atoms with Gasteiger partial charge < -0.3 is 19.6 Å². The largest absolute Gasteiger partial charge is 0.497 e. The zero-order chi connectivity index (χ0) is 21.0. The predicted molar refractivity (Wildman–Crippen MR) is 116 cm³/mol. The molecule has 0 spiro atoms. The van der Waals surface area contributed by atoms with Crippen molar-refractivity contribution >= 4 is 16.9 Å². The number of rotatable bonds is 9. The lowest BCUT2D eigenvalue weighted by molar-refractivity contribution is -0.137. The Kier molecular flexibility index (Phi) is 6.47. The molecule has 0 unspecified atom stereocenters. The van der Waals surface area contributed by atoms with Gasteiger partial charge in [-0.15, -0.1) is 0 Å². The summed E-state index contributed by atoms with van der Waals surface area (Å²) in [6.45, 7) is 6.86. The van der Waals surface area contributed by atoms with Crippen LogP contribution in [0, 0.1) is 20.8 Å². The molecule has 154 valence electrons. The Morgan fingerprint density at radius 2 is 1.76 bits per heavy atom. The number of carboxylic acid groups (broad SMARTS) is 1. The quantitative estimate of drug-likeness (QED) is 0.450. The maximum absolute atomic E-state index is 10.6. The van der Waals surface area contributed by atoms with E-state index in [1.165, 1.54) is 5.56 Å². The van der Waals surface area contributed by atoms with E-state index in [-0.39, 0.29) is 6.42 Å². The van der Waals surface area contributed by atoms with Crippen LogP contribution in [0.3, 0.4) is 0 Å². The van der Waals surface area contributed by atoms with E-state index in [2.05, 4.69) is 44.0 Å². The van der Waals surface area contributed by atoms with Gasteiger partial charge in [0.25, 0.3) is 0 Å². The van der Waals surface area contributed by atoms with Crippen molar-refractivity contribution in [1.82, 2.24) is 4.98 Å². The van der Waals surface area contributed by atoms with Crippen LogP contribution in [0.4, 0.5) is 0 Å². The minimum atomic E-state index is -0.737. The number of nitrogens with one attached hydrogen (secondary N) is 1. The second-order valence-electron chi connectivity index (χ2n) is 7.53. The summed E-state index contributed by atoms with van der Waals surface area (Å²) in [6.07, 6.45) is 2.64. The third-order valence-electron chi connectivity index (χ3n) is 5.30. The van der Waals surface area contributed by atoms with Gasteiger partial charge in [0.15, 0.2) is 0 Å². The van der Waals surface area contributed by atoms with Gasteiger partial charge in [-0.1, -0.05) is 0 Å². The van der Waals surface area contributed by atoms with Gasteiger partial charge in [0.2, 0.25) is 0 Å². The minimum Gasteiger partial charge on any atom is -0.497 e. The summed E-state index contributed by atoms with van der Waals surface area (Å²) >= 11 is 0. The number of hydrogen-bond acceptors (Lipinski definition) is 3. The summed E-state index contributed by atoms with van der Waals surface area (Å²) in [5.41, 5.74) is 6.74. The van der Waals surface area contributed by atoms with Gasteiger partial charge in [0.1, 0.15) is 11.5 Å². The van der Waals surface area contributed by atoms with E-state index in [1.54, 1.807) is 7.11 Å². The fourth-order valence-corrected chi connectivity index (χ4v) is 3.77. The zero-order valence-electron chi connectivity index (χ0n) is 17.6. The standard InChI is InChI=1S/C24H29NO4/c1-15-12-18(13-16(2)24(15)29-11-7-5-6-8-22(26)27)23-17(3)20-14-19(28-4)9-10-21(20)25-23/h9-10,12-14,25H,5-8,11H2,1-4H3,(H,26,27). The number of aryl methyl sites for hydroxylation is 3. The third kappa shape index (κ3) is 4.73. The van der Waals surface area contributed by atoms with Crippen molar-refractivity contribution in [3.8, 4) is 22.8 Å². The molecule has 0 saturated heterocycles. The maximum atomic E-state index is 10.6. The number of carboxylic acids is 1. The van der Waals surface area contributed by atoms with Crippen LogP contribution >= 0.6 is 0 Å². The number of carbonyl (C=O) groups is 1. The molecule has 5 heteroatoms. The number of unbranched alkanes of at least 4 members (excludes halogenated alkanes) is 2. The van der Waals surface area contributed by atoms with Crippen LogP contribution in [0.2, 0.25) is 0 Å². The number of methoxy groups -OCH3 is 1. The van der Waals surface area contributed by atoms with Gasteiger partial charge in [-0.2, -0.15) is 0 Å². The highest BCUT2D eigenvalue weighted by Crippen LogP contribution is 2.35. The molecular weight excluding hydrogens is 366 g/mol. The van der Waals surface area contributed by atoms with Crippen molar-refractivity contribution < 1.29 is 19.4 Å². The first kappa shape index (κ1) is 20.8. The van der Waals surface area contributed by atoms with Crippen molar-refractivity contribution in [2.75, 3.05) is 13.7 Å². The van der Waals surface area contributed by atoms with E-state index < -0.39 is 5.97 Å². The highest BCUT2D eigenvalue weighted by molar-refractivity contribution is 5.91. The zero-order valence-corrected chi connectivity index (χ0v) is 17.6. The molecule has 3 rings (SSSR count). The third-order valence-corrected chi connectivity index (χ3v) is 5.30. The number of benzene rings is 2. The summed E-state index contributed by atoms with van der Waals surface area (Å²) in [6, 6.07) is 10.4. The lowest BCUT2D eigenvalue weighted by atomic mass is 10.0. The van der Waals surface area contributed by atoms with E-state index in [4.69, 9.17) is 14.6 Å². The number of aromatic nitrogens is 1. The molecule has 2 aromatic carbocycles. The molecule has 0 atom stereocenters. The van der Waals surface area contributed by atoms with Crippen LogP contribution in [-0.2, 0) is 4.79 Å². The van der Waals surface area contributed by atoms with Crippen LogP contribution in [0.15, 0.2) is 30.3 Å². The molecule has 1 aromatic heterocycles. The van der Waals surface area contributed by atoms with Crippen LogP contribution in [0.5, 0.6) is 11.5 Å². The summed E-state index contributed by atoms with van der Waals surface area (Å²) in [5, 5.41) is 9.86. The first-order valence-electron chi connectivity index (χ1n) is 10.0. The van der Waals surface area contributed by atoms with Crippen LogP contribution < -0.4 is 9.47 Å². The monoisotopic (exact) mass is 395 g/mol. The highest BCUT2D eigenvalue weighted by atomic mass is 16.5. The summed E-state index contributed by atoms with van der Waals surface area (Å²) in [7, 11) is 1.68. The molecule has 0 amide bonds. The SMILES string of the molecule is COc1ccc2[nH]c(-c3cc(C)c(OCCCCCC(=O)O)c(C)c3)c(C)c2c1. The smallest absolute Gasteiger partial charge is 0.303 e. The van der Waals surface area contributed by atoms with Crippen LogP contribution in [0.25, 0.3) is 22.2 Å². The molecule has 0 radical (unpaired) electrons. The summed E-state index contributed by atoms with van der Waals surface area (Å²) < 4.78 is 11.4. The number of ether oxygens (including phenoxy) is 2. The number of fused-ring (bicyclic) bond motifs is 1. The van der Waals surface area contributed by atoms with Crippen LogP contribution in [0.1, 0.15) is 42.4 Å². The predicted octanol–water partition coefficient (Wildman–Crippen LogP) is 5.79. The Morgan fingerprint density at radius 3 is 2.41 bits per heavy atom. The molecule has 0 aliphatic carbocycles. The Morgan fingerprint density at radius 1 is 1.03 bits per heavy atom. The molecule has 1 heterocycles. The molecule has 0 fully saturated rings. The number of aromatic amines is 1. The summed E-state index contributed by atoms with van der Waals surface area (Å²) in [5.74, 6) is 1.03. The average Bonchev–Trinajstić information content (AvgIpc) is 3.01. The van der Waals surface area contributed by atoms with E-state index in [0.717, 1.165) is 57.6 Å². The molecular formula is C24H29NO4. The fourth-order valence-electron chi connectivity index (χ4n) is 3.77. The molecule has 3 aromatic rings. The number of hydrogen-bond donors (Lipinski definition) is 2. The van der Waals surface area contributed by atoms with Crippen molar-refractivity contribution in [2.24, 2.45) is 0 Å². The van der Waals surface area contributed by atoms with Crippen molar-refractivity contribution in [1.29, 1.82) is 0 Å². The maximum Gasteiger partial charge on any atom is 0.303 e. The Balaban J connectivity index is 1.76. The normalized spacial score (nSPS) is 11.0. The molecule has 5 nitrogen and oxygen atoms in total. The van der Waals surface area contributed by atoms with Gasteiger partial charge >= 0.3 is 5.97 Å². The Hall–Kier alpha value is -2.95. The van der Waals surface area contributed by atoms with Gasteiger partial charge in [0, 0.05) is 23.0 Å². The van der Waals surface area contributed by atoms with Gasteiger partial charge in [-0.25, -0.2) is 0 Å². The molecule has 2 N–H and O–H groups in total. The lowest BCUT2D eigenvalue weighted by Crippen LogP contribution is -2.02. The topological polar surface area (TPSA) is 71.5 Å². The van der Waals surface area contributed by atoms with Crippen molar-refractivity contribution in [3.05, 3.63) is 47.0 Å². The number of aliphatic carboxylic acids is 1. The highest BCUT2D eigenvalue weighted by Gasteiger charge is 2.14. The van der Waals surface area contributed by atoms with E-state index in [0.29, 0.717) is 13.0 Å². The average molecular weight is 395 g/mol. The first-order chi connectivity index (χ1) is 13.9. The number of H-pyrrole nitrogens is 1. The van der Waals surface area contributed by atoms with Crippen LogP contribution in [-0.4, -0.2) is 29.8 Å². The molecule has 0 saturated carbocycles. The van der Waals surface area contributed by atoms with E-state index >= 15 is 0 Å². The van der Waals surface area contributed by atoms with E-state index in [9.17, 15) is 4.79 Å². The first-order valence-corrected chi connectivity index (χ1v) is 10.0. The van der Waals surface area contributed by atoms with Gasteiger partial charge in [-0.05, 0) is 92.6 Å². The minimum absolute atomic E-state index is 0.225. The summed E-state index contributed by atoms with van der Waals surface area (Å²) in [4.78, 5) is 14.1. The fraction of sp³-hybridized carbons (Fsp3) is 0.375. The van der Waals surface area contributed by atoms with E-state index in [1.807, 2.05) is 12.1 Å². The lowest BCUT2D eigenvalue weighted by Gasteiger charge is -2.14. The molecule has 0 aliphatic rings. The van der Waals surface area contributed by atoms with Crippen molar-refractivity contribution in [3.63, 3.8) is 0 Å². The second-order valence-corrected chi connectivity index (χ2v) is 7.53. The Bertz CT molecular complexity index is 996. The van der Waals surface area contributed by atoms with Crippen molar-refractivity contribution in [2.45, 2.75) is 46.5 Å². The van der Waals surface area contributed by atoms with Gasteiger partial charge in [-0.3, -0.25) is 4.79 Å². The second kappa shape index (κ2) is 9.03. The molecule has 0 aliphatic heterocycles. The molecule has 29 heavy (non-hydrogen) atoms. The van der Waals surface area contributed by atoms with Gasteiger partial charge in [0.05, 0.1) is 13.7 Å².